The number of carboxylic acid groups (broad SMARTS) is 1. The van der Waals surface area contributed by atoms with E-state index < -0.39 is 23.7 Å². The number of carbonyl (C=O) groups is 2. The highest BCUT2D eigenvalue weighted by Crippen LogP contribution is 2.30. The van der Waals surface area contributed by atoms with Gasteiger partial charge in [-0.25, -0.2) is 9.18 Å². The number of carboxylic acids is 1. The van der Waals surface area contributed by atoms with Crippen molar-refractivity contribution in [3.63, 3.8) is 0 Å². The molecule has 0 fully saturated rings. The van der Waals surface area contributed by atoms with Crippen LogP contribution in [0.1, 0.15) is 31.9 Å². The van der Waals surface area contributed by atoms with Gasteiger partial charge in [-0.3, -0.25) is 4.79 Å². The number of hydrogen-bond acceptors (Lipinski definition) is 3. The first-order valence-corrected chi connectivity index (χ1v) is 5.86. The normalized spacial score (nSPS) is 11.9. The molecule has 5 nitrogen and oxygen atoms in total. The van der Waals surface area contributed by atoms with E-state index in [1.54, 1.807) is 6.92 Å². The van der Waals surface area contributed by atoms with Gasteiger partial charge in [0, 0.05) is 19.0 Å². The zero-order valence-electron chi connectivity index (χ0n) is 10.8. The van der Waals surface area contributed by atoms with Crippen LogP contribution in [0.5, 0.6) is 5.75 Å². The molecule has 1 rings (SSSR count). The highest BCUT2D eigenvalue weighted by Gasteiger charge is 2.31. The van der Waals surface area contributed by atoms with Crippen LogP contribution in [0, 0.1) is 5.82 Å². The minimum absolute atomic E-state index is 0.129. The second kappa shape index (κ2) is 6.17. The molecular formula is C13H16FNO4. The molecule has 0 aliphatic carbocycles. The number of halogens is 1. The van der Waals surface area contributed by atoms with Crippen molar-refractivity contribution in [2.75, 3.05) is 6.54 Å². The van der Waals surface area contributed by atoms with Gasteiger partial charge in [0.2, 0.25) is 5.91 Å². The van der Waals surface area contributed by atoms with Crippen LogP contribution in [0.2, 0.25) is 0 Å². The second-order valence-electron chi connectivity index (χ2n) is 4.16. The minimum atomic E-state index is -1.40. The number of nitrogens with zero attached hydrogens (tertiary/aromatic N) is 1. The minimum Gasteiger partial charge on any atom is -0.508 e. The van der Waals surface area contributed by atoms with Crippen molar-refractivity contribution in [2.45, 2.75) is 26.3 Å². The third-order valence-corrected chi connectivity index (χ3v) is 2.70. The molecule has 0 aliphatic heterocycles. The molecular weight excluding hydrogens is 253 g/mol. The molecule has 1 aromatic carbocycles. The van der Waals surface area contributed by atoms with Gasteiger partial charge in [-0.1, -0.05) is 6.92 Å². The van der Waals surface area contributed by atoms with E-state index in [2.05, 4.69) is 0 Å². The van der Waals surface area contributed by atoms with Crippen molar-refractivity contribution in [3.8, 4) is 5.75 Å². The van der Waals surface area contributed by atoms with Gasteiger partial charge in [0.15, 0.2) is 6.04 Å². The first-order valence-electron chi connectivity index (χ1n) is 5.86. The van der Waals surface area contributed by atoms with E-state index in [0.717, 1.165) is 23.1 Å². The molecule has 19 heavy (non-hydrogen) atoms. The zero-order chi connectivity index (χ0) is 14.6. The van der Waals surface area contributed by atoms with Crippen LogP contribution < -0.4 is 0 Å². The Morgan fingerprint density at radius 1 is 1.42 bits per heavy atom. The molecule has 6 heteroatoms. The van der Waals surface area contributed by atoms with Crippen LogP contribution in [0.25, 0.3) is 0 Å². The molecule has 0 saturated carbocycles. The molecule has 1 amide bonds. The highest BCUT2D eigenvalue weighted by molar-refractivity contribution is 5.84. The number of phenolic OH excluding ortho intramolecular Hbond substituents is 1. The standard InChI is InChI=1S/C13H16FNO4/c1-3-6-15(8(2)16)12(13(18)19)10-7-9(14)4-5-11(10)17/h4-5,7,12,17H,3,6H2,1-2H3,(H,18,19). The van der Waals surface area contributed by atoms with E-state index in [9.17, 15) is 24.2 Å². The summed E-state index contributed by atoms with van der Waals surface area (Å²) in [6.45, 7) is 3.24. The lowest BCUT2D eigenvalue weighted by Gasteiger charge is -2.28. The topological polar surface area (TPSA) is 77.8 Å². The number of carbonyl (C=O) groups excluding carboxylic acids is 1. The number of rotatable bonds is 5. The monoisotopic (exact) mass is 269 g/mol. The lowest BCUT2D eigenvalue weighted by Crippen LogP contribution is -2.38. The van der Waals surface area contributed by atoms with Gasteiger partial charge in [-0.15, -0.1) is 0 Å². The van der Waals surface area contributed by atoms with Gasteiger partial charge >= 0.3 is 5.97 Å². The fraction of sp³-hybridized carbons (Fsp3) is 0.385. The van der Waals surface area contributed by atoms with E-state index in [1.165, 1.54) is 6.92 Å². The average molecular weight is 269 g/mol. The fourth-order valence-corrected chi connectivity index (χ4v) is 1.89. The molecule has 0 aromatic heterocycles. The maximum atomic E-state index is 13.2. The summed E-state index contributed by atoms with van der Waals surface area (Å²) in [5.41, 5.74) is -0.129. The first-order chi connectivity index (χ1) is 8.88. The Morgan fingerprint density at radius 2 is 2.05 bits per heavy atom. The molecule has 0 aliphatic rings. The number of aromatic hydroxyl groups is 1. The van der Waals surface area contributed by atoms with Crippen LogP contribution in [0.3, 0.4) is 0 Å². The lowest BCUT2D eigenvalue weighted by molar-refractivity contribution is -0.150. The highest BCUT2D eigenvalue weighted by atomic mass is 19.1. The zero-order valence-corrected chi connectivity index (χ0v) is 10.8. The third kappa shape index (κ3) is 3.43. The molecule has 2 N–H and O–H groups in total. The summed E-state index contributed by atoms with van der Waals surface area (Å²) in [7, 11) is 0. The summed E-state index contributed by atoms with van der Waals surface area (Å²) in [5, 5.41) is 18.9. The van der Waals surface area contributed by atoms with E-state index in [1.807, 2.05) is 0 Å². The predicted octanol–water partition coefficient (Wildman–Crippen LogP) is 1.92. The van der Waals surface area contributed by atoms with Gasteiger partial charge < -0.3 is 15.1 Å². The molecule has 1 unspecified atom stereocenters. The molecule has 0 radical (unpaired) electrons. The number of benzene rings is 1. The number of amides is 1. The van der Waals surface area contributed by atoms with Crippen LogP contribution in [0.4, 0.5) is 4.39 Å². The third-order valence-electron chi connectivity index (χ3n) is 2.70. The van der Waals surface area contributed by atoms with Crippen molar-refractivity contribution in [2.24, 2.45) is 0 Å². The van der Waals surface area contributed by atoms with Crippen LogP contribution >= 0.6 is 0 Å². The maximum absolute atomic E-state index is 13.2. The van der Waals surface area contributed by atoms with Gasteiger partial charge in [0.1, 0.15) is 11.6 Å². The number of aliphatic carboxylic acids is 1. The smallest absolute Gasteiger partial charge is 0.331 e. The Morgan fingerprint density at radius 3 is 2.53 bits per heavy atom. The number of phenols is 1. The van der Waals surface area contributed by atoms with Crippen molar-refractivity contribution in [1.82, 2.24) is 4.90 Å². The predicted molar refractivity (Wildman–Crippen MR) is 66.1 cm³/mol. The van der Waals surface area contributed by atoms with Crippen molar-refractivity contribution in [1.29, 1.82) is 0 Å². The SMILES string of the molecule is CCCN(C(C)=O)C(C(=O)O)c1cc(F)ccc1O. The molecule has 104 valence electrons. The van der Waals surface area contributed by atoms with E-state index >= 15 is 0 Å². The average Bonchev–Trinajstić information content (AvgIpc) is 2.32. The van der Waals surface area contributed by atoms with Crippen molar-refractivity contribution >= 4 is 11.9 Å². The molecule has 0 saturated heterocycles. The number of hydrogen-bond donors (Lipinski definition) is 2. The molecule has 0 spiro atoms. The van der Waals surface area contributed by atoms with E-state index in [4.69, 9.17) is 0 Å². The van der Waals surface area contributed by atoms with Crippen molar-refractivity contribution in [3.05, 3.63) is 29.6 Å². The van der Waals surface area contributed by atoms with Gasteiger partial charge in [0.05, 0.1) is 0 Å². The summed E-state index contributed by atoms with van der Waals surface area (Å²) in [4.78, 5) is 24.0. The van der Waals surface area contributed by atoms with Gasteiger partial charge in [-0.2, -0.15) is 0 Å². The maximum Gasteiger partial charge on any atom is 0.331 e. The summed E-state index contributed by atoms with van der Waals surface area (Å²) >= 11 is 0. The summed E-state index contributed by atoms with van der Waals surface area (Å²) < 4.78 is 13.2. The Kier molecular flexibility index (Phi) is 4.86. The van der Waals surface area contributed by atoms with E-state index in [0.29, 0.717) is 6.42 Å². The molecule has 0 heterocycles. The summed E-state index contributed by atoms with van der Waals surface area (Å²) in [5.74, 6) is -2.78. The first kappa shape index (κ1) is 14.9. The quantitative estimate of drug-likeness (QED) is 0.856. The van der Waals surface area contributed by atoms with Crippen molar-refractivity contribution < 1.29 is 24.2 Å². The van der Waals surface area contributed by atoms with Gasteiger partial charge in [-0.05, 0) is 24.6 Å². The van der Waals surface area contributed by atoms with E-state index in [-0.39, 0.29) is 17.9 Å². The second-order valence-corrected chi connectivity index (χ2v) is 4.16. The summed E-state index contributed by atoms with van der Waals surface area (Å²) in [6.07, 6.45) is 0.555. The Hall–Kier alpha value is -2.11. The fourth-order valence-electron chi connectivity index (χ4n) is 1.89. The van der Waals surface area contributed by atoms with Crippen LogP contribution in [-0.4, -0.2) is 33.5 Å². The largest absolute Gasteiger partial charge is 0.508 e. The molecule has 1 atom stereocenters. The Bertz CT molecular complexity index is 490. The lowest BCUT2D eigenvalue weighted by atomic mass is 10.0. The Balaban J connectivity index is 3.29. The van der Waals surface area contributed by atoms with Crippen LogP contribution in [-0.2, 0) is 9.59 Å². The Labute approximate surface area is 110 Å². The summed E-state index contributed by atoms with van der Waals surface area (Å²) in [6, 6.07) is 1.63. The molecule has 0 bridgehead atoms. The molecule has 1 aromatic rings. The van der Waals surface area contributed by atoms with Gasteiger partial charge in [0.25, 0.3) is 0 Å². The van der Waals surface area contributed by atoms with Crippen LogP contribution in [0.15, 0.2) is 18.2 Å².